The van der Waals surface area contributed by atoms with Gasteiger partial charge in [-0.3, -0.25) is 11.3 Å². The van der Waals surface area contributed by atoms with E-state index in [0.717, 1.165) is 31.0 Å². The number of thiophene rings is 1. The van der Waals surface area contributed by atoms with E-state index in [1.165, 1.54) is 5.56 Å². The van der Waals surface area contributed by atoms with Gasteiger partial charge in [-0.25, -0.2) is 0 Å². The van der Waals surface area contributed by atoms with Crippen LogP contribution in [-0.4, -0.2) is 30.3 Å². The maximum absolute atomic E-state index is 5.74. The van der Waals surface area contributed by atoms with Crippen molar-refractivity contribution in [3.05, 3.63) is 22.4 Å². The first-order chi connectivity index (χ1) is 7.90. The molecule has 1 aromatic rings. The van der Waals surface area contributed by atoms with Gasteiger partial charge in [0, 0.05) is 17.5 Å². The quantitative estimate of drug-likeness (QED) is 0.623. The summed E-state index contributed by atoms with van der Waals surface area (Å²) in [5.41, 5.74) is 4.30. The summed E-state index contributed by atoms with van der Waals surface area (Å²) in [6, 6.07) is 2.45. The van der Waals surface area contributed by atoms with E-state index in [0.29, 0.717) is 0 Å². The van der Waals surface area contributed by atoms with Crippen LogP contribution in [0.3, 0.4) is 0 Å². The normalized spacial score (nSPS) is 23.2. The second kappa shape index (κ2) is 6.61. The molecule has 2 heterocycles. The Balaban J connectivity index is 1.80. The van der Waals surface area contributed by atoms with Gasteiger partial charge in [0.2, 0.25) is 0 Å². The fourth-order valence-corrected chi connectivity index (χ4v) is 3.52. The first-order valence-corrected chi connectivity index (χ1v) is 7.66. The molecule has 1 aliphatic rings. The summed E-state index contributed by atoms with van der Waals surface area (Å²) in [6.45, 7) is 0.853. The lowest BCUT2D eigenvalue weighted by atomic mass is 10.0. The summed E-state index contributed by atoms with van der Waals surface area (Å²) >= 11 is 3.70. The van der Waals surface area contributed by atoms with Crippen LogP contribution in [0.15, 0.2) is 16.8 Å². The summed E-state index contributed by atoms with van der Waals surface area (Å²) in [7, 11) is 0. The van der Waals surface area contributed by atoms with Crippen molar-refractivity contribution in [1.29, 1.82) is 0 Å². The van der Waals surface area contributed by atoms with Crippen molar-refractivity contribution in [3.8, 4) is 0 Å². The highest BCUT2D eigenvalue weighted by Gasteiger charge is 2.23. The minimum absolute atomic E-state index is 0.266. The van der Waals surface area contributed by atoms with Crippen molar-refractivity contribution in [1.82, 2.24) is 5.43 Å². The second-order valence-electron chi connectivity index (χ2n) is 3.93. The number of hydrazine groups is 1. The summed E-state index contributed by atoms with van der Waals surface area (Å²) in [5, 5.41) is 4.32. The van der Waals surface area contributed by atoms with E-state index in [1.807, 2.05) is 11.8 Å². The maximum Gasteiger partial charge on any atom is 0.0832 e. The zero-order valence-corrected chi connectivity index (χ0v) is 10.9. The summed E-state index contributed by atoms with van der Waals surface area (Å²) in [6.07, 6.45) is 2.38. The smallest absolute Gasteiger partial charge is 0.0832 e. The Hall–Kier alpha value is -0.0700. The number of nitrogens with one attached hydrogen (secondary N) is 1. The fraction of sp³-hybridized carbons (Fsp3) is 0.636. The van der Waals surface area contributed by atoms with Crippen LogP contribution in [-0.2, 0) is 11.2 Å². The Labute approximate surface area is 105 Å². The van der Waals surface area contributed by atoms with Crippen molar-refractivity contribution in [2.45, 2.75) is 25.0 Å². The monoisotopic (exact) mass is 258 g/mol. The van der Waals surface area contributed by atoms with Crippen LogP contribution in [0.5, 0.6) is 0 Å². The molecule has 0 bridgehead atoms. The lowest BCUT2D eigenvalue weighted by Gasteiger charge is -2.29. The summed E-state index contributed by atoms with van der Waals surface area (Å²) < 4.78 is 5.74. The number of thioether (sulfide) groups is 1. The molecule has 3 N–H and O–H groups in total. The predicted octanol–water partition coefficient (Wildman–Crippen LogP) is 1.64. The van der Waals surface area contributed by atoms with E-state index in [4.69, 9.17) is 10.6 Å². The number of ether oxygens (including phenoxy) is 1. The standard InChI is InChI=1S/C11H18N2OS2/c12-13-10(11-8-16-6-4-14-11)2-1-9-3-5-15-7-9/h3,5,7,10-11,13H,1-2,4,6,8,12H2. The maximum atomic E-state index is 5.74. The topological polar surface area (TPSA) is 47.3 Å². The molecule has 2 atom stereocenters. The van der Waals surface area contributed by atoms with Crippen molar-refractivity contribution in [2.24, 2.45) is 5.84 Å². The Morgan fingerprint density at radius 1 is 1.62 bits per heavy atom. The molecule has 1 fully saturated rings. The van der Waals surface area contributed by atoms with E-state index >= 15 is 0 Å². The Morgan fingerprint density at radius 3 is 3.19 bits per heavy atom. The molecule has 3 nitrogen and oxygen atoms in total. The van der Waals surface area contributed by atoms with E-state index in [-0.39, 0.29) is 12.1 Å². The molecule has 0 spiro atoms. The molecule has 5 heteroatoms. The molecule has 0 amide bonds. The van der Waals surface area contributed by atoms with Gasteiger partial charge >= 0.3 is 0 Å². The second-order valence-corrected chi connectivity index (χ2v) is 5.86. The number of aryl methyl sites for hydroxylation is 1. The van der Waals surface area contributed by atoms with Crippen molar-refractivity contribution < 1.29 is 4.74 Å². The van der Waals surface area contributed by atoms with Gasteiger partial charge in [-0.1, -0.05) is 0 Å². The largest absolute Gasteiger partial charge is 0.375 e. The molecule has 1 saturated heterocycles. The number of hydrogen-bond donors (Lipinski definition) is 2. The minimum atomic E-state index is 0.266. The van der Waals surface area contributed by atoms with Gasteiger partial charge in [-0.2, -0.15) is 23.1 Å². The molecular weight excluding hydrogens is 240 g/mol. The van der Waals surface area contributed by atoms with Gasteiger partial charge < -0.3 is 4.74 Å². The third kappa shape index (κ3) is 3.46. The molecule has 16 heavy (non-hydrogen) atoms. The fourth-order valence-electron chi connectivity index (χ4n) is 1.87. The third-order valence-corrected chi connectivity index (χ3v) is 4.58. The predicted molar refractivity (Wildman–Crippen MR) is 70.8 cm³/mol. The van der Waals surface area contributed by atoms with Gasteiger partial charge in [0.15, 0.2) is 0 Å². The van der Waals surface area contributed by atoms with Crippen LogP contribution in [0.4, 0.5) is 0 Å². The Kier molecular flexibility index (Phi) is 5.12. The minimum Gasteiger partial charge on any atom is -0.375 e. The lowest BCUT2D eigenvalue weighted by Crippen LogP contribution is -2.48. The average Bonchev–Trinajstić information content (AvgIpc) is 2.84. The van der Waals surface area contributed by atoms with Crippen LogP contribution in [0.25, 0.3) is 0 Å². The SMILES string of the molecule is NNC(CCc1ccsc1)C1CSCCO1. The molecule has 0 radical (unpaired) electrons. The van der Waals surface area contributed by atoms with Crippen molar-refractivity contribution >= 4 is 23.1 Å². The number of hydrogen-bond acceptors (Lipinski definition) is 5. The lowest BCUT2D eigenvalue weighted by molar-refractivity contribution is 0.0449. The molecule has 90 valence electrons. The van der Waals surface area contributed by atoms with E-state index in [9.17, 15) is 0 Å². The van der Waals surface area contributed by atoms with Gasteiger partial charge in [0.25, 0.3) is 0 Å². The molecule has 2 rings (SSSR count). The van der Waals surface area contributed by atoms with E-state index < -0.39 is 0 Å². The van der Waals surface area contributed by atoms with Gasteiger partial charge in [0.05, 0.1) is 12.7 Å². The zero-order chi connectivity index (χ0) is 11.2. The van der Waals surface area contributed by atoms with Gasteiger partial charge in [0.1, 0.15) is 0 Å². The third-order valence-electron chi connectivity index (χ3n) is 2.83. The highest BCUT2D eigenvalue weighted by Crippen LogP contribution is 2.18. The molecule has 0 aliphatic carbocycles. The Morgan fingerprint density at radius 2 is 2.56 bits per heavy atom. The van der Waals surface area contributed by atoms with Crippen molar-refractivity contribution in [2.75, 3.05) is 18.1 Å². The van der Waals surface area contributed by atoms with Crippen LogP contribution >= 0.6 is 23.1 Å². The molecule has 2 unspecified atom stereocenters. The average molecular weight is 258 g/mol. The molecule has 1 aromatic heterocycles. The van der Waals surface area contributed by atoms with Gasteiger partial charge in [-0.05, 0) is 35.2 Å². The highest BCUT2D eigenvalue weighted by atomic mass is 32.2. The van der Waals surface area contributed by atoms with Crippen LogP contribution in [0, 0.1) is 0 Å². The molecule has 0 aromatic carbocycles. The summed E-state index contributed by atoms with van der Waals surface area (Å²) in [5.74, 6) is 7.77. The first-order valence-electron chi connectivity index (χ1n) is 5.56. The number of nitrogens with two attached hydrogens (primary N) is 1. The van der Waals surface area contributed by atoms with Crippen LogP contribution in [0.1, 0.15) is 12.0 Å². The Bertz CT molecular complexity index is 286. The first kappa shape index (κ1) is 12.4. The van der Waals surface area contributed by atoms with Crippen LogP contribution < -0.4 is 11.3 Å². The van der Waals surface area contributed by atoms with Crippen molar-refractivity contribution in [3.63, 3.8) is 0 Å². The number of rotatable bonds is 5. The molecular formula is C11H18N2OS2. The zero-order valence-electron chi connectivity index (χ0n) is 9.22. The van der Waals surface area contributed by atoms with E-state index in [2.05, 4.69) is 22.3 Å². The highest BCUT2D eigenvalue weighted by molar-refractivity contribution is 7.99. The molecule has 1 aliphatic heterocycles. The molecule has 0 saturated carbocycles. The van der Waals surface area contributed by atoms with E-state index in [1.54, 1.807) is 11.3 Å². The summed E-state index contributed by atoms with van der Waals surface area (Å²) in [4.78, 5) is 0. The van der Waals surface area contributed by atoms with Crippen LogP contribution in [0.2, 0.25) is 0 Å². The van der Waals surface area contributed by atoms with Gasteiger partial charge in [-0.15, -0.1) is 0 Å².